The lowest BCUT2D eigenvalue weighted by Crippen LogP contribution is -2.05. The highest BCUT2D eigenvalue weighted by Gasteiger charge is 2.17. The summed E-state index contributed by atoms with van der Waals surface area (Å²) in [5.41, 5.74) is 1.67. The van der Waals surface area contributed by atoms with E-state index in [-0.39, 0.29) is 17.2 Å². The van der Waals surface area contributed by atoms with Crippen LogP contribution >= 0.6 is 0 Å². The zero-order chi connectivity index (χ0) is 15.4. The highest BCUT2D eigenvalue weighted by atomic mass is 19.1. The lowest BCUT2D eigenvalue weighted by molar-refractivity contribution is 0.415. The van der Waals surface area contributed by atoms with Crippen molar-refractivity contribution in [1.29, 1.82) is 5.26 Å². The van der Waals surface area contributed by atoms with Gasteiger partial charge in [0.05, 0.1) is 5.69 Å². The van der Waals surface area contributed by atoms with E-state index in [1.807, 2.05) is 19.9 Å². The first-order valence-electron chi connectivity index (χ1n) is 6.52. The van der Waals surface area contributed by atoms with Crippen molar-refractivity contribution in [3.63, 3.8) is 0 Å². The first-order valence-corrected chi connectivity index (χ1v) is 6.52. The molecule has 0 aliphatic heterocycles. The molecule has 1 heterocycles. The summed E-state index contributed by atoms with van der Waals surface area (Å²) in [7, 11) is 0. The molecule has 6 heteroatoms. The third kappa shape index (κ3) is 2.97. The van der Waals surface area contributed by atoms with Crippen LogP contribution in [0.2, 0.25) is 0 Å². The van der Waals surface area contributed by atoms with Crippen LogP contribution in [0.15, 0.2) is 18.2 Å². The highest BCUT2D eigenvalue weighted by molar-refractivity contribution is 5.47. The van der Waals surface area contributed by atoms with Crippen molar-refractivity contribution < 1.29 is 13.5 Å². The van der Waals surface area contributed by atoms with Crippen molar-refractivity contribution in [3.8, 4) is 17.7 Å². The zero-order valence-electron chi connectivity index (χ0n) is 11.7. The highest BCUT2D eigenvalue weighted by Crippen LogP contribution is 2.28. The number of rotatable bonds is 4. The molecule has 0 aliphatic rings. The maximum atomic E-state index is 13.6. The van der Waals surface area contributed by atoms with E-state index >= 15 is 0 Å². The molecule has 0 unspecified atom stereocenters. The van der Waals surface area contributed by atoms with Crippen molar-refractivity contribution in [1.82, 2.24) is 10.2 Å². The van der Waals surface area contributed by atoms with Crippen LogP contribution in [-0.2, 0) is 12.8 Å². The summed E-state index contributed by atoms with van der Waals surface area (Å²) in [6.07, 6.45) is 1.22. The van der Waals surface area contributed by atoms with Gasteiger partial charge in [-0.15, -0.1) is 5.10 Å². The number of nitriles is 1. The molecular formula is C15H13F2N3O. The Kier molecular flexibility index (Phi) is 4.43. The summed E-state index contributed by atoms with van der Waals surface area (Å²) in [6, 6.07) is 4.94. The Balaban J connectivity index is 2.47. The Morgan fingerprint density at radius 3 is 2.52 bits per heavy atom. The van der Waals surface area contributed by atoms with Gasteiger partial charge in [-0.1, -0.05) is 13.8 Å². The minimum Gasteiger partial charge on any atom is -0.433 e. The van der Waals surface area contributed by atoms with Gasteiger partial charge in [0.25, 0.3) is 5.88 Å². The summed E-state index contributed by atoms with van der Waals surface area (Å²) in [5, 5.41) is 17.1. The number of hydrogen-bond acceptors (Lipinski definition) is 4. The molecular weight excluding hydrogens is 276 g/mol. The molecule has 0 aliphatic carbocycles. The number of benzene rings is 1. The van der Waals surface area contributed by atoms with E-state index in [1.54, 1.807) is 0 Å². The van der Waals surface area contributed by atoms with Gasteiger partial charge in [-0.3, -0.25) is 0 Å². The first kappa shape index (κ1) is 14.9. The Hall–Kier alpha value is -2.55. The second kappa shape index (κ2) is 6.27. The molecule has 0 saturated carbocycles. The maximum absolute atomic E-state index is 13.6. The van der Waals surface area contributed by atoms with E-state index in [1.165, 1.54) is 0 Å². The van der Waals surface area contributed by atoms with Crippen LogP contribution in [0.4, 0.5) is 8.78 Å². The van der Waals surface area contributed by atoms with Crippen LogP contribution < -0.4 is 4.74 Å². The molecule has 108 valence electrons. The SMILES string of the molecule is CCc1nnc(Oc2ccc(F)cc2F)c(C#N)c1CC. The summed E-state index contributed by atoms with van der Waals surface area (Å²) in [4.78, 5) is 0. The topological polar surface area (TPSA) is 58.8 Å². The Morgan fingerprint density at radius 1 is 1.19 bits per heavy atom. The van der Waals surface area contributed by atoms with Gasteiger partial charge in [0.1, 0.15) is 17.4 Å². The van der Waals surface area contributed by atoms with Crippen LogP contribution in [0.25, 0.3) is 0 Å². The molecule has 0 bridgehead atoms. The summed E-state index contributed by atoms with van der Waals surface area (Å²) < 4.78 is 31.8. The Morgan fingerprint density at radius 2 is 1.95 bits per heavy atom. The molecule has 0 atom stereocenters. The smallest absolute Gasteiger partial charge is 0.257 e. The number of aromatic nitrogens is 2. The predicted molar refractivity (Wildman–Crippen MR) is 71.9 cm³/mol. The van der Waals surface area contributed by atoms with E-state index in [4.69, 9.17) is 4.74 Å². The lowest BCUT2D eigenvalue weighted by Gasteiger charge is -2.11. The maximum Gasteiger partial charge on any atom is 0.257 e. The molecule has 0 spiro atoms. The zero-order valence-corrected chi connectivity index (χ0v) is 11.7. The minimum atomic E-state index is -0.863. The average Bonchev–Trinajstić information content (AvgIpc) is 2.49. The fraction of sp³-hybridized carbons (Fsp3) is 0.267. The Bertz CT molecular complexity index is 711. The molecule has 2 aromatic rings. The Labute approximate surface area is 121 Å². The monoisotopic (exact) mass is 289 g/mol. The number of hydrogen-bond donors (Lipinski definition) is 0. The molecule has 2 rings (SSSR count). The molecule has 4 nitrogen and oxygen atoms in total. The van der Waals surface area contributed by atoms with Crippen molar-refractivity contribution in [2.45, 2.75) is 26.7 Å². The van der Waals surface area contributed by atoms with Crippen molar-refractivity contribution in [2.24, 2.45) is 0 Å². The summed E-state index contributed by atoms with van der Waals surface area (Å²) in [6.45, 7) is 3.80. The second-order valence-electron chi connectivity index (χ2n) is 4.30. The van der Waals surface area contributed by atoms with Gasteiger partial charge in [-0.05, 0) is 30.5 Å². The van der Waals surface area contributed by atoms with Gasteiger partial charge >= 0.3 is 0 Å². The lowest BCUT2D eigenvalue weighted by atomic mass is 10.0. The van der Waals surface area contributed by atoms with Gasteiger partial charge in [-0.25, -0.2) is 8.78 Å². The van der Waals surface area contributed by atoms with Crippen LogP contribution in [-0.4, -0.2) is 10.2 Å². The van der Waals surface area contributed by atoms with Crippen molar-refractivity contribution in [2.75, 3.05) is 0 Å². The van der Waals surface area contributed by atoms with Gasteiger partial charge in [0.2, 0.25) is 0 Å². The van der Waals surface area contributed by atoms with Gasteiger partial charge in [-0.2, -0.15) is 10.4 Å². The summed E-state index contributed by atoms with van der Waals surface area (Å²) >= 11 is 0. The second-order valence-corrected chi connectivity index (χ2v) is 4.30. The first-order chi connectivity index (χ1) is 10.1. The largest absolute Gasteiger partial charge is 0.433 e. The summed E-state index contributed by atoms with van der Waals surface area (Å²) in [5.74, 6) is -1.84. The molecule has 0 saturated heterocycles. The van der Waals surface area contributed by atoms with E-state index in [0.29, 0.717) is 24.6 Å². The predicted octanol–water partition coefficient (Wildman–Crippen LogP) is 3.54. The normalized spacial score (nSPS) is 10.2. The van der Waals surface area contributed by atoms with Crippen LogP contribution in [0.5, 0.6) is 11.6 Å². The van der Waals surface area contributed by atoms with Gasteiger partial charge < -0.3 is 4.74 Å². The number of aryl methyl sites for hydroxylation is 1. The van der Waals surface area contributed by atoms with Crippen LogP contribution in [0.3, 0.4) is 0 Å². The van der Waals surface area contributed by atoms with Gasteiger partial charge in [0.15, 0.2) is 11.6 Å². The fourth-order valence-corrected chi connectivity index (χ4v) is 2.00. The number of nitrogens with zero attached hydrogens (tertiary/aromatic N) is 3. The van der Waals surface area contributed by atoms with Gasteiger partial charge in [0, 0.05) is 6.07 Å². The number of ether oxygens (including phenoxy) is 1. The van der Waals surface area contributed by atoms with Crippen LogP contribution in [0.1, 0.15) is 30.7 Å². The van der Waals surface area contributed by atoms with E-state index < -0.39 is 11.6 Å². The fourth-order valence-electron chi connectivity index (χ4n) is 2.00. The molecule has 21 heavy (non-hydrogen) atoms. The minimum absolute atomic E-state index is 0.0722. The molecule has 0 amide bonds. The van der Waals surface area contributed by atoms with E-state index in [9.17, 15) is 14.0 Å². The molecule has 1 aromatic heterocycles. The third-order valence-corrected chi connectivity index (χ3v) is 3.03. The standard InChI is InChI=1S/C15H13F2N3O/c1-3-10-11(8-18)15(20-19-13(10)4-2)21-14-6-5-9(16)7-12(14)17/h5-7H,3-4H2,1-2H3. The van der Waals surface area contributed by atoms with Crippen molar-refractivity contribution in [3.05, 3.63) is 46.7 Å². The van der Waals surface area contributed by atoms with Crippen LogP contribution in [0, 0.1) is 23.0 Å². The van der Waals surface area contributed by atoms with E-state index in [0.717, 1.165) is 17.7 Å². The molecule has 0 N–H and O–H groups in total. The molecule has 0 fully saturated rings. The van der Waals surface area contributed by atoms with Crippen molar-refractivity contribution >= 4 is 0 Å². The average molecular weight is 289 g/mol. The third-order valence-electron chi connectivity index (χ3n) is 3.03. The molecule has 1 aromatic carbocycles. The molecule has 0 radical (unpaired) electrons. The van der Waals surface area contributed by atoms with E-state index in [2.05, 4.69) is 10.2 Å². The number of halogens is 2. The quantitative estimate of drug-likeness (QED) is 0.863.